The summed E-state index contributed by atoms with van der Waals surface area (Å²) in [4.78, 5) is 4.61. The number of halogens is 1. The second-order valence-electron chi connectivity index (χ2n) is 9.54. The van der Waals surface area contributed by atoms with Crippen LogP contribution in [0, 0.1) is 31.0 Å². The molecule has 2 aromatic rings. The quantitative estimate of drug-likeness (QED) is 0.383. The van der Waals surface area contributed by atoms with Crippen molar-refractivity contribution in [1.82, 2.24) is 4.98 Å². The number of benzene rings is 1. The summed E-state index contributed by atoms with van der Waals surface area (Å²) >= 11 is 0. The summed E-state index contributed by atoms with van der Waals surface area (Å²) < 4.78 is 14.6. The van der Waals surface area contributed by atoms with E-state index in [4.69, 9.17) is 0 Å². The van der Waals surface area contributed by atoms with Crippen LogP contribution >= 0.6 is 0 Å². The standard InChI is InChI=1S/C28H39FN2/c1-9-22-20(7)21(8)31-16-26(22)19(6)12-10-11-13-23-24(17(2)3)14-27(29)25(15-30)28(23)18(4)5/h14,16-19H,9-13H2,1-8H3. The zero-order chi connectivity index (χ0) is 23.3. The molecule has 0 aliphatic heterocycles. The van der Waals surface area contributed by atoms with Gasteiger partial charge in [-0.3, -0.25) is 4.98 Å². The lowest BCUT2D eigenvalue weighted by Gasteiger charge is -2.22. The maximum absolute atomic E-state index is 14.6. The molecule has 1 unspecified atom stereocenters. The second-order valence-corrected chi connectivity index (χ2v) is 9.54. The minimum absolute atomic E-state index is 0.130. The van der Waals surface area contributed by atoms with Crippen LogP contribution in [-0.4, -0.2) is 4.98 Å². The fourth-order valence-corrected chi connectivity index (χ4v) is 4.85. The summed E-state index contributed by atoms with van der Waals surface area (Å²) in [6.07, 6.45) is 7.26. The molecule has 0 saturated carbocycles. The van der Waals surface area contributed by atoms with Gasteiger partial charge in [0.05, 0.1) is 5.56 Å². The van der Waals surface area contributed by atoms with Gasteiger partial charge in [-0.2, -0.15) is 5.26 Å². The molecule has 1 aromatic carbocycles. The van der Waals surface area contributed by atoms with Crippen molar-refractivity contribution in [3.8, 4) is 6.07 Å². The molecule has 2 rings (SSSR count). The number of hydrogen-bond donors (Lipinski definition) is 0. The van der Waals surface area contributed by atoms with E-state index in [1.54, 1.807) is 6.07 Å². The maximum atomic E-state index is 14.6. The molecule has 0 amide bonds. The first-order valence-electron chi connectivity index (χ1n) is 11.8. The largest absolute Gasteiger partial charge is 0.261 e. The SMILES string of the molecule is CCc1c(C(C)CCCCc2c(C(C)C)cc(F)c(C#N)c2C(C)C)cnc(C)c1C. The van der Waals surface area contributed by atoms with Crippen LogP contribution in [0.2, 0.25) is 0 Å². The Bertz CT molecular complexity index is 951. The van der Waals surface area contributed by atoms with Gasteiger partial charge in [0.15, 0.2) is 0 Å². The molecule has 0 radical (unpaired) electrons. The predicted molar refractivity (Wildman–Crippen MR) is 128 cm³/mol. The molecule has 2 nitrogen and oxygen atoms in total. The Hall–Kier alpha value is -2.21. The summed E-state index contributed by atoms with van der Waals surface area (Å²) in [7, 11) is 0. The van der Waals surface area contributed by atoms with Gasteiger partial charge in [0.25, 0.3) is 0 Å². The third-order valence-corrected chi connectivity index (χ3v) is 6.71. The first-order chi connectivity index (χ1) is 14.6. The molecule has 0 aliphatic rings. The van der Waals surface area contributed by atoms with Crippen LogP contribution in [0.15, 0.2) is 12.3 Å². The lowest BCUT2D eigenvalue weighted by atomic mass is 9.82. The zero-order valence-electron chi connectivity index (χ0n) is 20.7. The van der Waals surface area contributed by atoms with E-state index in [1.165, 1.54) is 22.3 Å². The Morgan fingerprint density at radius 3 is 2.23 bits per heavy atom. The summed E-state index contributed by atoms with van der Waals surface area (Å²) in [6.45, 7) is 17.1. The van der Waals surface area contributed by atoms with Crippen molar-refractivity contribution in [2.45, 2.75) is 105 Å². The number of pyridine rings is 1. The van der Waals surface area contributed by atoms with Gasteiger partial charge in [-0.05, 0) is 96.7 Å². The molecule has 1 heterocycles. The van der Waals surface area contributed by atoms with Crippen molar-refractivity contribution in [2.75, 3.05) is 0 Å². The van der Waals surface area contributed by atoms with Gasteiger partial charge in [-0.1, -0.05) is 48.0 Å². The van der Waals surface area contributed by atoms with E-state index >= 15 is 0 Å². The number of aryl methyl sites for hydroxylation is 1. The molecule has 0 spiro atoms. The fourth-order valence-electron chi connectivity index (χ4n) is 4.85. The summed E-state index contributed by atoms with van der Waals surface area (Å²) in [6, 6.07) is 3.72. The smallest absolute Gasteiger partial charge is 0.141 e. The van der Waals surface area contributed by atoms with Crippen LogP contribution < -0.4 is 0 Å². The van der Waals surface area contributed by atoms with Gasteiger partial charge in [0.1, 0.15) is 11.9 Å². The van der Waals surface area contributed by atoms with Crippen LogP contribution in [0.3, 0.4) is 0 Å². The molecular formula is C28H39FN2. The van der Waals surface area contributed by atoms with Crippen LogP contribution in [0.4, 0.5) is 4.39 Å². The van der Waals surface area contributed by atoms with Gasteiger partial charge in [-0.15, -0.1) is 0 Å². The van der Waals surface area contributed by atoms with Crippen molar-refractivity contribution in [2.24, 2.45) is 0 Å². The van der Waals surface area contributed by atoms with Crippen LogP contribution in [0.1, 0.15) is 123 Å². The lowest BCUT2D eigenvalue weighted by molar-refractivity contribution is 0.587. The number of rotatable bonds is 9. The number of aromatic nitrogens is 1. The number of nitriles is 1. The van der Waals surface area contributed by atoms with Gasteiger partial charge >= 0.3 is 0 Å². The van der Waals surface area contributed by atoms with Crippen molar-refractivity contribution in [1.29, 1.82) is 5.26 Å². The number of nitrogens with zero attached hydrogens (tertiary/aromatic N) is 2. The average Bonchev–Trinajstić information content (AvgIpc) is 2.72. The Morgan fingerprint density at radius 2 is 1.68 bits per heavy atom. The molecule has 0 aliphatic carbocycles. The van der Waals surface area contributed by atoms with E-state index in [9.17, 15) is 9.65 Å². The van der Waals surface area contributed by atoms with Gasteiger partial charge < -0.3 is 0 Å². The molecule has 0 saturated heterocycles. The molecule has 3 heteroatoms. The third-order valence-electron chi connectivity index (χ3n) is 6.71. The minimum Gasteiger partial charge on any atom is -0.261 e. The molecule has 168 valence electrons. The van der Waals surface area contributed by atoms with Crippen molar-refractivity contribution >= 4 is 0 Å². The lowest BCUT2D eigenvalue weighted by Crippen LogP contribution is -2.09. The Kier molecular flexibility index (Phi) is 8.80. The molecule has 0 N–H and O–H groups in total. The zero-order valence-corrected chi connectivity index (χ0v) is 20.7. The molecule has 1 atom stereocenters. The van der Waals surface area contributed by atoms with Gasteiger partial charge in [0.2, 0.25) is 0 Å². The molecule has 1 aromatic heterocycles. The van der Waals surface area contributed by atoms with E-state index < -0.39 is 0 Å². The van der Waals surface area contributed by atoms with E-state index in [-0.39, 0.29) is 23.2 Å². The van der Waals surface area contributed by atoms with E-state index in [1.807, 2.05) is 0 Å². The van der Waals surface area contributed by atoms with E-state index in [0.717, 1.165) is 48.9 Å². The summed E-state index contributed by atoms with van der Waals surface area (Å²) in [5.41, 5.74) is 8.66. The monoisotopic (exact) mass is 422 g/mol. The van der Waals surface area contributed by atoms with Crippen molar-refractivity contribution in [3.63, 3.8) is 0 Å². The molecular weight excluding hydrogens is 383 g/mol. The molecule has 31 heavy (non-hydrogen) atoms. The Labute approximate surface area is 188 Å². The first kappa shape index (κ1) is 25.1. The van der Waals surface area contributed by atoms with E-state index in [2.05, 4.69) is 72.6 Å². The number of unbranched alkanes of at least 4 members (excludes halogenated alkanes) is 1. The Balaban J connectivity index is 2.19. The fraction of sp³-hybridized carbons (Fsp3) is 0.571. The molecule has 0 bridgehead atoms. The highest BCUT2D eigenvalue weighted by Gasteiger charge is 2.22. The predicted octanol–water partition coefficient (Wildman–Crippen LogP) is 8.03. The third kappa shape index (κ3) is 5.53. The van der Waals surface area contributed by atoms with Crippen LogP contribution in [-0.2, 0) is 12.8 Å². The highest BCUT2D eigenvalue weighted by molar-refractivity contribution is 5.50. The first-order valence-corrected chi connectivity index (χ1v) is 11.8. The maximum Gasteiger partial charge on any atom is 0.141 e. The summed E-state index contributed by atoms with van der Waals surface area (Å²) in [5, 5.41) is 9.57. The molecule has 0 fully saturated rings. The minimum atomic E-state index is -0.374. The van der Waals surface area contributed by atoms with Gasteiger partial charge in [-0.25, -0.2) is 4.39 Å². The Morgan fingerprint density at radius 1 is 1.00 bits per heavy atom. The van der Waals surface area contributed by atoms with Crippen molar-refractivity contribution < 1.29 is 4.39 Å². The van der Waals surface area contributed by atoms with Crippen molar-refractivity contribution in [3.05, 3.63) is 62.7 Å². The summed E-state index contributed by atoms with van der Waals surface area (Å²) in [5.74, 6) is 0.466. The second kappa shape index (κ2) is 10.9. The normalized spacial score (nSPS) is 12.5. The topological polar surface area (TPSA) is 36.7 Å². The van der Waals surface area contributed by atoms with E-state index in [0.29, 0.717) is 5.92 Å². The highest BCUT2D eigenvalue weighted by Crippen LogP contribution is 2.34. The van der Waals surface area contributed by atoms with Crippen LogP contribution in [0.25, 0.3) is 0 Å². The average molecular weight is 423 g/mol. The van der Waals surface area contributed by atoms with Crippen LogP contribution in [0.5, 0.6) is 0 Å². The number of hydrogen-bond acceptors (Lipinski definition) is 2. The van der Waals surface area contributed by atoms with Gasteiger partial charge in [0, 0.05) is 11.9 Å². The highest BCUT2D eigenvalue weighted by atomic mass is 19.1.